The lowest BCUT2D eigenvalue weighted by Crippen LogP contribution is -2.42. The zero-order valence-corrected chi connectivity index (χ0v) is 32.7. The van der Waals surface area contributed by atoms with Gasteiger partial charge in [-0.05, 0) is 43.4 Å². The molecule has 0 aliphatic carbocycles. The molecule has 16 heteroatoms. The molecule has 1 aliphatic heterocycles. The third-order valence-corrected chi connectivity index (χ3v) is 9.99. The van der Waals surface area contributed by atoms with Crippen molar-refractivity contribution in [3.63, 3.8) is 0 Å². The van der Waals surface area contributed by atoms with Crippen LogP contribution in [0.1, 0.15) is 73.6 Å². The van der Waals surface area contributed by atoms with Gasteiger partial charge in [0.05, 0.1) is 49.6 Å². The molecule has 1 aliphatic rings. The van der Waals surface area contributed by atoms with Crippen LogP contribution in [0.4, 0.5) is 9.59 Å². The van der Waals surface area contributed by atoms with Crippen LogP contribution in [0.2, 0.25) is 0 Å². The van der Waals surface area contributed by atoms with Gasteiger partial charge in [0.2, 0.25) is 5.91 Å². The summed E-state index contributed by atoms with van der Waals surface area (Å²) in [7, 11) is 1.27. The van der Waals surface area contributed by atoms with Crippen LogP contribution in [0.25, 0.3) is 33.9 Å². The summed E-state index contributed by atoms with van der Waals surface area (Å²) < 4.78 is 9.82. The van der Waals surface area contributed by atoms with Gasteiger partial charge in [-0.15, -0.1) is 0 Å². The van der Waals surface area contributed by atoms with E-state index in [9.17, 15) is 19.2 Å². The van der Waals surface area contributed by atoms with Gasteiger partial charge in [-0.2, -0.15) is 0 Å². The quantitative estimate of drug-likeness (QED) is 0.0875. The first-order valence-electron chi connectivity index (χ1n) is 19.2. The van der Waals surface area contributed by atoms with Crippen molar-refractivity contribution in [2.24, 2.45) is 0 Å². The van der Waals surface area contributed by atoms with E-state index in [1.165, 1.54) is 7.11 Å². The topological polar surface area (TPSA) is 209 Å². The number of methoxy groups -OCH3 is 1. The Morgan fingerprint density at radius 2 is 1.34 bits per heavy atom. The molecule has 0 saturated carbocycles. The normalized spacial score (nSPS) is 15.1. The van der Waals surface area contributed by atoms with E-state index in [0.717, 1.165) is 29.7 Å². The fourth-order valence-electron chi connectivity index (χ4n) is 6.96. The molecular weight excluding hydrogens is 753 g/mol. The van der Waals surface area contributed by atoms with Gasteiger partial charge in [-0.3, -0.25) is 9.59 Å². The lowest BCUT2D eigenvalue weighted by Gasteiger charge is -2.28. The van der Waals surface area contributed by atoms with Crippen molar-refractivity contribution < 1.29 is 28.7 Å². The second kappa shape index (κ2) is 18.3. The predicted molar refractivity (Wildman–Crippen MR) is 217 cm³/mol. The molecule has 0 radical (unpaired) electrons. The molecule has 4 atom stereocenters. The number of nitrogens with zero attached hydrogens (tertiary/aromatic N) is 5. The summed E-state index contributed by atoms with van der Waals surface area (Å²) in [6.07, 6.45) is 6.95. The van der Waals surface area contributed by atoms with E-state index in [2.05, 4.69) is 45.9 Å². The fourth-order valence-corrected chi connectivity index (χ4v) is 6.96. The van der Waals surface area contributed by atoms with Crippen molar-refractivity contribution in [2.45, 2.75) is 50.9 Å². The smallest absolute Gasteiger partial charge is 0.408 e. The molecule has 1 fully saturated rings. The van der Waals surface area contributed by atoms with Gasteiger partial charge in [0.1, 0.15) is 23.7 Å². The largest absolute Gasteiger partial charge is 0.453 e. The van der Waals surface area contributed by atoms with Gasteiger partial charge < -0.3 is 40.3 Å². The van der Waals surface area contributed by atoms with Gasteiger partial charge in [0.25, 0.3) is 5.91 Å². The van der Waals surface area contributed by atoms with Crippen LogP contribution >= 0.6 is 0 Å². The van der Waals surface area contributed by atoms with E-state index in [1.54, 1.807) is 79.9 Å². The Kier molecular flexibility index (Phi) is 12.3. The first kappa shape index (κ1) is 39.9. The SMILES string of the molecule is CCOC(=O)N[C@@H](C(=O)N[C@@H](C)c1ncc(-c2cnc(-c3ccc(-c4cnc([C@@H]5CCCN5C(=O)[C@H](NC(=O)OC)c5ccccc5)[nH]4)cc3)nc2)[nH]1)c1ccccc1. The minimum Gasteiger partial charge on any atom is -0.453 e. The van der Waals surface area contributed by atoms with Crippen LogP contribution in [0.5, 0.6) is 0 Å². The average molecular weight is 797 g/mol. The number of carbonyl (C=O) groups is 4. The highest BCUT2D eigenvalue weighted by molar-refractivity contribution is 5.88. The molecule has 3 aromatic carbocycles. The average Bonchev–Trinajstić information content (AvgIpc) is 4.08. The van der Waals surface area contributed by atoms with Crippen molar-refractivity contribution in [2.75, 3.05) is 20.3 Å². The zero-order chi connectivity index (χ0) is 41.3. The van der Waals surface area contributed by atoms with Gasteiger partial charge in [-0.1, -0.05) is 84.9 Å². The van der Waals surface area contributed by atoms with Crippen LogP contribution < -0.4 is 16.0 Å². The number of amides is 4. The number of alkyl carbamates (subject to hydrolysis) is 2. The van der Waals surface area contributed by atoms with E-state index in [0.29, 0.717) is 46.4 Å². The van der Waals surface area contributed by atoms with Crippen molar-refractivity contribution >= 4 is 24.0 Å². The van der Waals surface area contributed by atoms with E-state index >= 15 is 0 Å². The van der Waals surface area contributed by atoms with Crippen LogP contribution in [0.15, 0.2) is 110 Å². The minimum atomic E-state index is -0.961. The predicted octanol–water partition coefficient (Wildman–Crippen LogP) is 6.35. The summed E-state index contributed by atoms with van der Waals surface area (Å²) in [4.78, 5) is 78.4. The fraction of sp³-hybridized carbons (Fsp3) is 0.256. The number of ether oxygens (including phenoxy) is 2. The highest BCUT2D eigenvalue weighted by atomic mass is 16.5. The summed E-state index contributed by atoms with van der Waals surface area (Å²) in [5.41, 5.74) is 5.14. The van der Waals surface area contributed by atoms with Crippen molar-refractivity contribution in [1.29, 1.82) is 0 Å². The van der Waals surface area contributed by atoms with Gasteiger partial charge in [0.15, 0.2) is 5.82 Å². The number of aromatic amines is 2. The molecule has 0 bridgehead atoms. The molecule has 0 unspecified atom stereocenters. The maximum absolute atomic E-state index is 13.9. The molecule has 0 spiro atoms. The number of nitrogens with one attached hydrogen (secondary N) is 5. The molecule has 302 valence electrons. The molecule has 6 aromatic rings. The maximum Gasteiger partial charge on any atom is 0.408 e. The minimum absolute atomic E-state index is 0.176. The molecule has 1 saturated heterocycles. The van der Waals surface area contributed by atoms with Crippen LogP contribution in [-0.2, 0) is 19.1 Å². The Bertz CT molecular complexity index is 2370. The first-order chi connectivity index (χ1) is 28.7. The van der Waals surface area contributed by atoms with E-state index in [1.807, 2.05) is 48.5 Å². The third-order valence-electron chi connectivity index (χ3n) is 9.99. The monoisotopic (exact) mass is 796 g/mol. The van der Waals surface area contributed by atoms with Crippen molar-refractivity contribution in [3.05, 3.63) is 132 Å². The Morgan fingerprint density at radius 3 is 2.00 bits per heavy atom. The highest BCUT2D eigenvalue weighted by Gasteiger charge is 2.37. The summed E-state index contributed by atoms with van der Waals surface area (Å²) >= 11 is 0. The standard InChI is InChI=1S/C43H44N10O6/c1-4-59-43(57)51-35(28-12-7-5-8-13-28)40(54)48-26(2)37-46-25-33(49-37)31-22-44-38(45-23-31)30-19-17-27(18-20-30)32-24-47-39(50-32)34-16-11-21-53(34)41(55)36(52-42(56)58-3)29-14-9-6-10-15-29/h5-10,12-15,17-20,22-26,34-36H,4,11,16,21H2,1-3H3,(H,46,49)(H,47,50)(H,48,54)(H,51,57)(H,52,56)/t26-,34-,35+,36+/m0/s1. The summed E-state index contributed by atoms with van der Waals surface area (Å²) in [5.74, 6) is 1.05. The van der Waals surface area contributed by atoms with Crippen molar-refractivity contribution in [3.8, 4) is 33.9 Å². The maximum atomic E-state index is 13.9. The number of aromatic nitrogens is 6. The van der Waals surface area contributed by atoms with Gasteiger partial charge in [-0.25, -0.2) is 29.5 Å². The Hall–Kier alpha value is -7.36. The summed E-state index contributed by atoms with van der Waals surface area (Å²) in [6, 6.07) is 23.1. The molecule has 4 heterocycles. The molecule has 16 nitrogen and oxygen atoms in total. The van der Waals surface area contributed by atoms with Gasteiger partial charge in [0, 0.05) is 30.1 Å². The Labute approximate surface area is 340 Å². The second-order valence-electron chi connectivity index (χ2n) is 13.8. The van der Waals surface area contributed by atoms with Gasteiger partial charge >= 0.3 is 12.2 Å². The number of imidazole rings is 2. The molecular formula is C43H44N10O6. The lowest BCUT2D eigenvalue weighted by molar-refractivity contribution is -0.134. The van der Waals surface area contributed by atoms with E-state index in [4.69, 9.17) is 9.47 Å². The number of hydrogen-bond donors (Lipinski definition) is 5. The molecule has 3 aromatic heterocycles. The number of hydrogen-bond acceptors (Lipinski definition) is 10. The number of benzene rings is 3. The van der Waals surface area contributed by atoms with Crippen LogP contribution in [0, 0.1) is 0 Å². The third kappa shape index (κ3) is 9.28. The number of likely N-dealkylation sites (tertiary alicyclic amines) is 1. The summed E-state index contributed by atoms with van der Waals surface area (Å²) in [5, 5.41) is 8.25. The Morgan fingerprint density at radius 1 is 0.729 bits per heavy atom. The summed E-state index contributed by atoms with van der Waals surface area (Å²) in [6.45, 7) is 4.19. The molecule has 5 N–H and O–H groups in total. The van der Waals surface area contributed by atoms with Crippen molar-refractivity contribution in [1.82, 2.24) is 50.8 Å². The second-order valence-corrected chi connectivity index (χ2v) is 13.8. The Balaban J connectivity index is 0.987. The van der Waals surface area contributed by atoms with E-state index in [-0.39, 0.29) is 18.6 Å². The van der Waals surface area contributed by atoms with Crippen LogP contribution in [0.3, 0.4) is 0 Å². The highest BCUT2D eigenvalue weighted by Crippen LogP contribution is 2.34. The number of rotatable bonds is 13. The number of H-pyrrole nitrogens is 2. The first-order valence-corrected chi connectivity index (χ1v) is 19.2. The zero-order valence-electron chi connectivity index (χ0n) is 32.7. The lowest BCUT2D eigenvalue weighted by atomic mass is 10.1. The molecule has 7 rings (SSSR count). The molecule has 4 amide bonds. The molecule has 59 heavy (non-hydrogen) atoms. The van der Waals surface area contributed by atoms with Crippen LogP contribution in [-0.4, -0.2) is 79.1 Å². The van der Waals surface area contributed by atoms with E-state index < -0.39 is 36.2 Å². The number of carbonyl (C=O) groups excluding carboxylic acids is 4.